The maximum atomic E-state index is 9.74. The van der Waals surface area contributed by atoms with E-state index in [1.807, 2.05) is 6.92 Å². The molecule has 2 aliphatic rings. The van der Waals surface area contributed by atoms with E-state index in [2.05, 4.69) is 4.90 Å². The quantitative estimate of drug-likeness (QED) is 0.788. The predicted molar refractivity (Wildman–Crippen MR) is 70.8 cm³/mol. The van der Waals surface area contributed by atoms with Crippen molar-refractivity contribution in [3.8, 4) is 0 Å². The van der Waals surface area contributed by atoms with Gasteiger partial charge in [-0.05, 0) is 38.0 Å². The van der Waals surface area contributed by atoms with Crippen LogP contribution in [0.1, 0.15) is 45.4 Å². The van der Waals surface area contributed by atoms with Gasteiger partial charge in [0.05, 0.1) is 6.10 Å². The lowest BCUT2D eigenvalue weighted by molar-refractivity contribution is 0.0454. The molecule has 0 bridgehead atoms. The second kappa shape index (κ2) is 6.17. The number of rotatable bonds is 3. The Kier molecular flexibility index (Phi) is 4.83. The third kappa shape index (κ3) is 3.94. The smallest absolute Gasteiger partial charge is 0.0553 e. The molecule has 3 nitrogen and oxygen atoms in total. The zero-order chi connectivity index (χ0) is 12.3. The Labute approximate surface area is 105 Å². The highest BCUT2D eigenvalue weighted by Gasteiger charge is 2.29. The van der Waals surface area contributed by atoms with Crippen molar-refractivity contribution in [1.82, 2.24) is 4.90 Å². The van der Waals surface area contributed by atoms with Crippen LogP contribution in [-0.4, -0.2) is 41.8 Å². The van der Waals surface area contributed by atoms with Gasteiger partial charge in [0.15, 0.2) is 0 Å². The van der Waals surface area contributed by atoms with Crippen LogP contribution >= 0.6 is 0 Å². The van der Waals surface area contributed by atoms with Gasteiger partial charge in [-0.15, -0.1) is 0 Å². The number of piperidine rings is 1. The van der Waals surface area contributed by atoms with E-state index in [-0.39, 0.29) is 12.1 Å². The number of likely N-dealkylation sites (tertiary alicyclic amines) is 1. The van der Waals surface area contributed by atoms with Crippen molar-refractivity contribution in [3.63, 3.8) is 0 Å². The average molecular weight is 240 g/mol. The maximum absolute atomic E-state index is 9.74. The Morgan fingerprint density at radius 1 is 1.24 bits per heavy atom. The molecule has 0 aromatic carbocycles. The second-order valence-corrected chi connectivity index (χ2v) is 6.22. The molecular weight excluding hydrogens is 212 g/mol. The van der Waals surface area contributed by atoms with Crippen LogP contribution in [0.4, 0.5) is 0 Å². The van der Waals surface area contributed by atoms with Crippen molar-refractivity contribution in [2.75, 3.05) is 19.6 Å². The van der Waals surface area contributed by atoms with Crippen LogP contribution in [0, 0.1) is 11.8 Å². The first-order valence-electron chi connectivity index (χ1n) is 7.31. The fourth-order valence-corrected chi connectivity index (χ4v) is 3.51. The number of hydrogen-bond acceptors (Lipinski definition) is 3. The van der Waals surface area contributed by atoms with E-state index in [9.17, 15) is 5.11 Å². The molecule has 1 aliphatic carbocycles. The van der Waals surface area contributed by atoms with Gasteiger partial charge in [0.1, 0.15) is 0 Å². The van der Waals surface area contributed by atoms with E-state index in [0.29, 0.717) is 5.92 Å². The molecule has 3 N–H and O–H groups in total. The highest BCUT2D eigenvalue weighted by Crippen LogP contribution is 2.27. The average Bonchev–Trinajstić information content (AvgIpc) is 2.29. The minimum absolute atomic E-state index is 0.213. The van der Waals surface area contributed by atoms with Gasteiger partial charge in [-0.2, -0.15) is 0 Å². The number of nitrogens with two attached hydrogens (primary N) is 1. The van der Waals surface area contributed by atoms with Crippen molar-refractivity contribution in [1.29, 1.82) is 0 Å². The normalized spacial score (nSPS) is 34.8. The van der Waals surface area contributed by atoms with Crippen molar-refractivity contribution in [3.05, 3.63) is 0 Å². The number of aliphatic hydroxyl groups excluding tert-OH is 1. The van der Waals surface area contributed by atoms with Crippen LogP contribution in [0.3, 0.4) is 0 Å². The summed E-state index contributed by atoms with van der Waals surface area (Å²) in [5, 5.41) is 9.74. The van der Waals surface area contributed by atoms with E-state index in [0.717, 1.165) is 25.4 Å². The number of nitrogens with zero attached hydrogens (tertiary/aromatic N) is 1. The van der Waals surface area contributed by atoms with Crippen molar-refractivity contribution in [2.24, 2.45) is 17.6 Å². The standard InChI is InChI=1S/C14H28N2O/c1-11(17)13-7-14(15)10-16(9-13)8-12-5-3-2-4-6-12/h11-14,17H,2-10,15H2,1H3. The van der Waals surface area contributed by atoms with Gasteiger partial charge in [0.2, 0.25) is 0 Å². The summed E-state index contributed by atoms with van der Waals surface area (Å²) >= 11 is 0. The third-order valence-corrected chi connectivity index (χ3v) is 4.51. The molecule has 17 heavy (non-hydrogen) atoms. The lowest BCUT2D eigenvalue weighted by Gasteiger charge is -2.39. The zero-order valence-electron chi connectivity index (χ0n) is 11.1. The van der Waals surface area contributed by atoms with E-state index in [1.54, 1.807) is 0 Å². The third-order valence-electron chi connectivity index (χ3n) is 4.51. The summed E-state index contributed by atoms with van der Waals surface area (Å²) in [4.78, 5) is 2.50. The van der Waals surface area contributed by atoms with Gasteiger partial charge < -0.3 is 15.7 Å². The lowest BCUT2D eigenvalue weighted by atomic mass is 9.86. The summed E-state index contributed by atoms with van der Waals surface area (Å²) in [6.07, 6.45) is 7.80. The van der Waals surface area contributed by atoms with E-state index in [1.165, 1.54) is 38.6 Å². The minimum atomic E-state index is -0.213. The first-order chi connectivity index (χ1) is 8.15. The van der Waals surface area contributed by atoms with Crippen LogP contribution in [0.5, 0.6) is 0 Å². The monoisotopic (exact) mass is 240 g/mol. The Bertz CT molecular complexity index is 226. The van der Waals surface area contributed by atoms with E-state index >= 15 is 0 Å². The zero-order valence-corrected chi connectivity index (χ0v) is 11.1. The largest absolute Gasteiger partial charge is 0.393 e. The molecule has 100 valence electrons. The summed E-state index contributed by atoms with van der Waals surface area (Å²) in [6.45, 7) is 5.18. The first-order valence-corrected chi connectivity index (χ1v) is 7.31. The second-order valence-electron chi connectivity index (χ2n) is 6.22. The highest BCUT2D eigenvalue weighted by molar-refractivity contribution is 4.85. The highest BCUT2D eigenvalue weighted by atomic mass is 16.3. The molecular formula is C14H28N2O. The van der Waals surface area contributed by atoms with Crippen LogP contribution in [0.2, 0.25) is 0 Å². The first kappa shape index (κ1) is 13.3. The molecule has 3 unspecified atom stereocenters. The van der Waals surface area contributed by atoms with Crippen molar-refractivity contribution in [2.45, 2.75) is 57.6 Å². The van der Waals surface area contributed by atoms with Gasteiger partial charge in [0.25, 0.3) is 0 Å². The Balaban J connectivity index is 1.82. The molecule has 0 aromatic heterocycles. The van der Waals surface area contributed by atoms with Gasteiger partial charge in [0, 0.05) is 25.7 Å². The SMILES string of the molecule is CC(O)C1CC(N)CN(CC2CCCCC2)C1. The molecule has 0 amide bonds. The number of aliphatic hydroxyl groups is 1. The van der Waals surface area contributed by atoms with E-state index < -0.39 is 0 Å². The summed E-state index contributed by atoms with van der Waals surface area (Å²) in [5.74, 6) is 1.26. The van der Waals surface area contributed by atoms with Gasteiger partial charge in [-0.1, -0.05) is 19.3 Å². The molecule has 1 saturated carbocycles. The molecule has 2 fully saturated rings. The number of hydrogen-bond donors (Lipinski definition) is 2. The van der Waals surface area contributed by atoms with Gasteiger partial charge >= 0.3 is 0 Å². The topological polar surface area (TPSA) is 49.5 Å². The molecule has 0 spiro atoms. The fraction of sp³-hybridized carbons (Fsp3) is 1.00. The molecule has 1 saturated heterocycles. The molecule has 0 radical (unpaired) electrons. The summed E-state index contributed by atoms with van der Waals surface area (Å²) in [7, 11) is 0. The Morgan fingerprint density at radius 2 is 1.94 bits per heavy atom. The van der Waals surface area contributed by atoms with Crippen LogP contribution in [0.25, 0.3) is 0 Å². The Morgan fingerprint density at radius 3 is 2.59 bits per heavy atom. The van der Waals surface area contributed by atoms with Gasteiger partial charge in [-0.3, -0.25) is 0 Å². The summed E-state index contributed by atoms with van der Waals surface area (Å²) in [5.41, 5.74) is 6.11. The summed E-state index contributed by atoms with van der Waals surface area (Å²) < 4.78 is 0. The molecule has 3 heteroatoms. The molecule has 1 heterocycles. The van der Waals surface area contributed by atoms with E-state index in [4.69, 9.17) is 5.73 Å². The summed E-state index contributed by atoms with van der Waals surface area (Å²) in [6, 6.07) is 0.256. The minimum Gasteiger partial charge on any atom is -0.393 e. The predicted octanol–water partition coefficient (Wildman–Crippen LogP) is 1.60. The van der Waals surface area contributed by atoms with Crippen LogP contribution in [-0.2, 0) is 0 Å². The molecule has 3 atom stereocenters. The molecule has 0 aromatic rings. The van der Waals surface area contributed by atoms with Gasteiger partial charge in [-0.25, -0.2) is 0 Å². The van der Waals surface area contributed by atoms with Crippen LogP contribution < -0.4 is 5.73 Å². The van der Waals surface area contributed by atoms with Crippen molar-refractivity contribution >= 4 is 0 Å². The van der Waals surface area contributed by atoms with Crippen LogP contribution in [0.15, 0.2) is 0 Å². The fourth-order valence-electron chi connectivity index (χ4n) is 3.51. The molecule has 2 rings (SSSR count). The maximum Gasteiger partial charge on any atom is 0.0553 e. The Hall–Kier alpha value is -0.120. The molecule has 1 aliphatic heterocycles. The lowest BCUT2D eigenvalue weighted by Crippen LogP contribution is -2.50. The van der Waals surface area contributed by atoms with Crippen molar-refractivity contribution < 1.29 is 5.11 Å².